The van der Waals surface area contributed by atoms with Gasteiger partial charge in [0.2, 0.25) is 11.8 Å². The summed E-state index contributed by atoms with van der Waals surface area (Å²) >= 11 is 0. The van der Waals surface area contributed by atoms with Crippen LogP contribution in [0.1, 0.15) is 90.3 Å². The van der Waals surface area contributed by atoms with Crippen LogP contribution in [-0.2, 0) is 9.59 Å². The summed E-state index contributed by atoms with van der Waals surface area (Å²) in [4.78, 5) is 22.9. The molecule has 150 valence electrons. The van der Waals surface area contributed by atoms with Crippen LogP contribution in [0.2, 0.25) is 0 Å². The van der Waals surface area contributed by atoms with Gasteiger partial charge in [-0.2, -0.15) is 0 Å². The quantitative estimate of drug-likeness (QED) is 0.437. The van der Waals surface area contributed by atoms with Gasteiger partial charge in [-0.1, -0.05) is 53.9 Å². The highest BCUT2D eigenvalue weighted by Crippen LogP contribution is 2.25. The molecule has 0 aromatic rings. The van der Waals surface area contributed by atoms with Crippen molar-refractivity contribution in [2.45, 2.75) is 86.0 Å². The second-order valence-electron chi connectivity index (χ2n) is 6.67. The van der Waals surface area contributed by atoms with Gasteiger partial charge in [0, 0.05) is 36.8 Å². The van der Waals surface area contributed by atoms with E-state index in [0.29, 0.717) is 19.4 Å². The van der Waals surface area contributed by atoms with E-state index in [9.17, 15) is 9.59 Å². The van der Waals surface area contributed by atoms with Crippen molar-refractivity contribution >= 4 is 11.8 Å². The molecule has 2 amide bonds. The highest BCUT2D eigenvalue weighted by Gasteiger charge is 2.16. The van der Waals surface area contributed by atoms with Crippen molar-refractivity contribution in [2.75, 3.05) is 19.6 Å². The number of unbranched alkanes of at least 4 members (excludes halogenated alkanes) is 3. The van der Waals surface area contributed by atoms with E-state index in [0.717, 1.165) is 51.6 Å². The molecular formula is C19H47N3O2. The smallest absolute Gasteiger partial charge is 0.221 e. The van der Waals surface area contributed by atoms with Gasteiger partial charge in [-0.3, -0.25) is 9.59 Å². The van der Waals surface area contributed by atoms with Crippen molar-refractivity contribution in [3.8, 4) is 0 Å². The second-order valence-corrected chi connectivity index (χ2v) is 6.67. The number of nitrogens with one attached hydrogen (secondary N) is 2. The summed E-state index contributed by atoms with van der Waals surface area (Å²) in [6, 6.07) is 0. The van der Waals surface area contributed by atoms with E-state index in [1.807, 2.05) is 13.8 Å². The lowest BCUT2D eigenvalue weighted by Gasteiger charge is -2.21. The van der Waals surface area contributed by atoms with Crippen LogP contribution in [0.3, 0.4) is 0 Å². The Bertz CT molecular complexity index is 331. The highest BCUT2D eigenvalue weighted by atomic mass is 16.2. The Kier molecular flexibility index (Phi) is 17.5. The van der Waals surface area contributed by atoms with Gasteiger partial charge in [0.05, 0.1) is 0 Å². The molecule has 0 heterocycles. The third-order valence-electron chi connectivity index (χ3n) is 4.11. The van der Waals surface area contributed by atoms with Crippen molar-refractivity contribution in [3.05, 3.63) is 0 Å². The highest BCUT2D eigenvalue weighted by molar-refractivity contribution is 5.76. The average molecular weight is 350 g/mol. The maximum absolute atomic E-state index is 11.7. The summed E-state index contributed by atoms with van der Waals surface area (Å²) in [5.74, 6) is 0.195. The van der Waals surface area contributed by atoms with Gasteiger partial charge in [0.1, 0.15) is 0 Å². The molecule has 0 unspecified atom stereocenters. The summed E-state index contributed by atoms with van der Waals surface area (Å²) in [6.45, 7) is 12.4. The standard InChI is InChI=1S/C17H35N3O2.C2H6.3H2/c1-4-17(2,3)11-9-15(21)19-13-7-5-6-8-14-20-16(22)10-12-18;1-2;;;/h4-14,18H2,1-3H3,(H,19,21)(H,20,22);1-2H3;3*1H. The molecule has 0 saturated heterocycles. The number of rotatable bonds is 13. The van der Waals surface area contributed by atoms with E-state index in [-0.39, 0.29) is 21.5 Å². The minimum absolute atomic E-state index is 0. The summed E-state index contributed by atoms with van der Waals surface area (Å²) in [5.41, 5.74) is 5.55. The summed E-state index contributed by atoms with van der Waals surface area (Å²) < 4.78 is 0. The minimum Gasteiger partial charge on any atom is -0.356 e. The van der Waals surface area contributed by atoms with Crippen LogP contribution in [-0.4, -0.2) is 31.4 Å². The third-order valence-corrected chi connectivity index (χ3v) is 4.11. The van der Waals surface area contributed by atoms with Gasteiger partial charge in [-0.25, -0.2) is 0 Å². The summed E-state index contributed by atoms with van der Waals surface area (Å²) in [6.07, 6.45) is 7.19. The van der Waals surface area contributed by atoms with E-state index in [1.54, 1.807) is 0 Å². The molecule has 0 aromatic heterocycles. The normalized spacial score (nSPS) is 10.6. The molecule has 0 atom stereocenters. The lowest BCUT2D eigenvalue weighted by atomic mass is 9.85. The van der Waals surface area contributed by atoms with Crippen molar-refractivity contribution in [1.29, 1.82) is 0 Å². The lowest BCUT2D eigenvalue weighted by Crippen LogP contribution is -2.26. The van der Waals surface area contributed by atoms with E-state index in [4.69, 9.17) is 5.73 Å². The predicted octanol–water partition coefficient (Wildman–Crippen LogP) is 4.11. The van der Waals surface area contributed by atoms with Crippen LogP contribution >= 0.6 is 0 Å². The largest absolute Gasteiger partial charge is 0.356 e. The molecule has 5 nitrogen and oxygen atoms in total. The maximum Gasteiger partial charge on any atom is 0.221 e. The molecule has 5 heteroatoms. The Hall–Kier alpha value is -1.10. The molecule has 0 aromatic carbocycles. The first-order valence-corrected chi connectivity index (χ1v) is 9.64. The summed E-state index contributed by atoms with van der Waals surface area (Å²) in [7, 11) is 0. The average Bonchev–Trinajstić information content (AvgIpc) is 2.57. The van der Waals surface area contributed by atoms with Crippen molar-refractivity contribution < 1.29 is 13.9 Å². The fourth-order valence-electron chi connectivity index (χ4n) is 2.00. The fourth-order valence-corrected chi connectivity index (χ4v) is 2.00. The molecule has 0 saturated carbocycles. The number of carbonyl (C=O) groups excluding carboxylic acids is 2. The molecule has 0 fully saturated rings. The lowest BCUT2D eigenvalue weighted by molar-refractivity contribution is -0.122. The molecular weight excluding hydrogens is 302 g/mol. The van der Waals surface area contributed by atoms with Crippen LogP contribution in [0.5, 0.6) is 0 Å². The molecule has 0 spiro atoms. The van der Waals surface area contributed by atoms with Crippen LogP contribution < -0.4 is 16.4 Å². The molecule has 0 radical (unpaired) electrons. The first-order chi connectivity index (χ1) is 11.4. The van der Waals surface area contributed by atoms with Gasteiger partial charge < -0.3 is 16.4 Å². The number of hydrogen-bond donors (Lipinski definition) is 3. The predicted molar refractivity (Wildman–Crippen MR) is 109 cm³/mol. The van der Waals surface area contributed by atoms with Crippen LogP contribution in [0.4, 0.5) is 0 Å². The summed E-state index contributed by atoms with van der Waals surface area (Å²) in [5, 5.41) is 5.82. The van der Waals surface area contributed by atoms with E-state index in [1.165, 1.54) is 0 Å². The molecule has 24 heavy (non-hydrogen) atoms. The number of carbonyl (C=O) groups is 2. The minimum atomic E-state index is 0. The van der Waals surface area contributed by atoms with Crippen LogP contribution in [0.15, 0.2) is 0 Å². The van der Waals surface area contributed by atoms with Gasteiger partial charge in [0.25, 0.3) is 0 Å². The molecule has 0 rings (SSSR count). The number of amides is 2. The molecule has 0 aliphatic heterocycles. The molecule has 0 bridgehead atoms. The zero-order valence-electron chi connectivity index (χ0n) is 16.7. The topological polar surface area (TPSA) is 84.2 Å². The number of nitrogens with two attached hydrogens (primary N) is 1. The van der Waals surface area contributed by atoms with Gasteiger partial charge in [0.15, 0.2) is 0 Å². The fraction of sp³-hybridized carbons (Fsp3) is 0.895. The molecule has 0 aliphatic rings. The Labute approximate surface area is 154 Å². The Morgan fingerprint density at radius 2 is 1.38 bits per heavy atom. The first kappa shape index (κ1) is 25.1. The second kappa shape index (κ2) is 16.7. The Morgan fingerprint density at radius 1 is 0.917 bits per heavy atom. The first-order valence-electron chi connectivity index (χ1n) is 9.64. The van der Waals surface area contributed by atoms with Gasteiger partial charge in [-0.15, -0.1) is 0 Å². The SMILES string of the molecule is CC.CCC(C)(C)CCC(=O)NCCCCCCNC(=O)CCN.[HH].[HH].[HH]. The number of hydrogen-bond acceptors (Lipinski definition) is 3. The van der Waals surface area contributed by atoms with E-state index >= 15 is 0 Å². The zero-order valence-corrected chi connectivity index (χ0v) is 16.7. The van der Waals surface area contributed by atoms with Crippen molar-refractivity contribution in [2.24, 2.45) is 11.1 Å². The zero-order chi connectivity index (χ0) is 18.8. The van der Waals surface area contributed by atoms with Crippen molar-refractivity contribution in [3.63, 3.8) is 0 Å². The Morgan fingerprint density at radius 3 is 1.79 bits per heavy atom. The molecule has 0 aliphatic carbocycles. The van der Waals surface area contributed by atoms with Crippen LogP contribution in [0.25, 0.3) is 0 Å². The Balaban J connectivity index is -0.000000311. The van der Waals surface area contributed by atoms with Crippen molar-refractivity contribution in [1.82, 2.24) is 10.6 Å². The maximum atomic E-state index is 11.7. The third kappa shape index (κ3) is 17.3. The van der Waals surface area contributed by atoms with E-state index < -0.39 is 0 Å². The van der Waals surface area contributed by atoms with Gasteiger partial charge >= 0.3 is 0 Å². The van der Waals surface area contributed by atoms with E-state index in [2.05, 4.69) is 31.4 Å². The van der Waals surface area contributed by atoms with Gasteiger partial charge in [-0.05, 0) is 24.7 Å². The van der Waals surface area contributed by atoms with Crippen LogP contribution in [0, 0.1) is 5.41 Å². The monoisotopic (exact) mass is 349 g/mol. The molecule has 4 N–H and O–H groups in total.